The van der Waals surface area contributed by atoms with Gasteiger partial charge in [-0.3, -0.25) is 0 Å². The molecule has 0 amide bonds. The maximum atomic E-state index is 5.93. The lowest BCUT2D eigenvalue weighted by Gasteiger charge is -2.37. The second-order valence-electron chi connectivity index (χ2n) is 5.94. The van der Waals surface area contributed by atoms with Gasteiger partial charge in [0, 0.05) is 0 Å². The van der Waals surface area contributed by atoms with Crippen LogP contribution in [0.1, 0.15) is 27.7 Å². The second kappa shape index (κ2) is 3.93. The molecule has 0 aromatic rings. The highest BCUT2D eigenvalue weighted by Crippen LogP contribution is 2.44. The molecule has 0 aromatic heterocycles. The minimum Gasteiger partial charge on any atom is -0.344 e. The van der Waals surface area contributed by atoms with E-state index in [9.17, 15) is 0 Å². The van der Waals surface area contributed by atoms with E-state index in [4.69, 9.17) is 31.5 Å². The normalized spacial score (nSPS) is 48.8. The van der Waals surface area contributed by atoms with E-state index >= 15 is 0 Å². The molecule has 3 fully saturated rings. The lowest BCUT2D eigenvalue weighted by atomic mass is 9.89. The van der Waals surface area contributed by atoms with Gasteiger partial charge in [-0.15, -0.1) is 0 Å². The molecule has 0 aromatic carbocycles. The van der Waals surface area contributed by atoms with Crippen LogP contribution in [0, 0.1) is 0 Å². The number of hydrogen-bond acceptors (Lipinski definition) is 5. The van der Waals surface area contributed by atoms with Crippen LogP contribution in [0.2, 0.25) is 6.32 Å². The Morgan fingerprint density at radius 3 is 2.06 bits per heavy atom. The van der Waals surface area contributed by atoms with Crippen LogP contribution >= 0.6 is 0 Å². The molecule has 100 valence electrons. The van der Waals surface area contributed by atoms with Crippen molar-refractivity contribution in [2.75, 3.05) is 0 Å². The maximum absolute atomic E-state index is 5.93. The Hall–Kier alpha value is -0.135. The summed E-state index contributed by atoms with van der Waals surface area (Å²) in [6, 6.07) is 0. The van der Waals surface area contributed by atoms with Gasteiger partial charge in [0.2, 0.25) is 0 Å². The van der Waals surface area contributed by atoms with Crippen LogP contribution < -0.4 is 0 Å². The molecule has 5 atom stereocenters. The van der Waals surface area contributed by atoms with Gasteiger partial charge in [-0.05, 0) is 27.7 Å². The van der Waals surface area contributed by atoms with Gasteiger partial charge in [-0.1, -0.05) is 6.32 Å². The molecule has 0 saturated carbocycles. The van der Waals surface area contributed by atoms with Crippen molar-refractivity contribution in [1.29, 1.82) is 0 Å². The lowest BCUT2D eigenvalue weighted by molar-refractivity contribution is -0.229. The van der Waals surface area contributed by atoms with Crippen molar-refractivity contribution in [3.63, 3.8) is 0 Å². The lowest BCUT2D eigenvalue weighted by Crippen LogP contribution is -2.54. The van der Waals surface area contributed by atoms with Crippen LogP contribution in [-0.4, -0.2) is 50.1 Å². The molecule has 3 heterocycles. The van der Waals surface area contributed by atoms with Crippen LogP contribution in [-0.2, 0) is 23.7 Å². The van der Waals surface area contributed by atoms with E-state index in [0.717, 1.165) is 0 Å². The smallest absolute Gasteiger partial charge is 0.190 e. The average molecular weight is 254 g/mol. The van der Waals surface area contributed by atoms with Gasteiger partial charge in [0.1, 0.15) is 18.3 Å². The summed E-state index contributed by atoms with van der Waals surface area (Å²) in [4.78, 5) is 0. The zero-order valence-electron chi connectivity index (χ0n) is 11.2. The van der Waals surface area contributed by atoms with Crippen molar-refractivity contribution in [1.82, 2.24) is 0 Å². The van der Waals surface area contributed by atoms with Gasteiger partial charge in [0.15, 0.2) is 17.9 Å². The summed E-state index contributed by atoms with van der Waals surface area (Å²) in [5.74, 6) is -1.31. The van der Waals surface area contributed by atoms with E-state index in [1.54, 1.807) is 0 Å². The van der Waals surface area contributed by atoms with E-state index in [0.29, 0.717) is 6.32 Å². The number of hydrogen-bond donors (Lipinski definition) is 0. The van der Waals surface area contributed by atoms with Gasteiger partial charge in [0.05, 0.1) is 14.0 Å². The third-order valence-corrected chi connectivity index (χ3v) is 3.48. The maximum Gasteiger partial charge on any atom is 0.190 e. The van der Waals surface area contributed by atoms with E-state index in [-0.39, 0.29) is 24.4 Å². The molecule has 3 rings (SSSR count). The summed E-state index contributed by atoms with van der Waals surface area (Å²) in [6.07, 6.45) is -0.969. The minimum atomic E-state index is -0.667. The van der Waals surface area contributed by atoms with Crippen molar-refractivity contribution in [3.05, 3.63) is 0 Å². The summed E-state index contributed by atoms with van der Waals surface area (Å²) in [6.45, 7) is 7.49. The molecule has 3 aliphatic rings. The standard InChI is InChI=1S/C12H19BO5/c1-11(2)15-7-6(5-13)14-10-9(8(7)16-11)17-12(3,4)18-10/h6-10H,5H2,1-4H3/t6?,7-,8?,9?,10+/m0/s1. The van der Waals surface area contributed by atoms with E-state index in [1.165, 1.54) is 0 Å². The molecular formula is C12H19BO5. The van der Waals surface area contributed by atoms with E-state index < -0.39 is 17.9 Å². The van der Waals surface area contributed by atoms with Crippen molar-refractivity contribution in [3.8, 4) is 0 Å². The predicted molar refractivity (Wildman–Crippen MR) is 63.1 cm³/mol. The zero-order chi connectivity index (χ0) is 13.1. The predicted octanol–water partition coefficient (Wildman–Crippen LogP) is 0.970. The largest absolute Gasteiger partial charge is 0.344 e. The molecule has 3 unspecified atom stereocenters. The fourth-order valence-electron chi connectivity index (χ4n) is 2.88. The molecule has 5 nitrogen and oxygen atoms in total. The highest BCUT2D eigenvalue weighted by atomic mass is 16.9. The molecule has 2 radical (unpaired) electrons. The third-order valence-electron chi connectivity index (χ3n) is 3.48. The van der Waals surface area contributed by atoms with Crippen LogP contribution in [0.4, 0.5) is 0 Å². The van der Waals surface area contributed by atoms with Crippen LogP contribution in [0.3, 0.4) is 0 Å². The van der Waals surface area contributed by atoms with Crippen molar-refractivity contribution < 1.29 is 23.7 Å². The first-order chi connectivity index (χ1) is 8.31. The summed E-state index contributed by atoms with van der Waals surface area (Å²) in [5.41, 5.74) is 0. The fourth-order valence-corrected chi connectivity index (χ4v) is 2.88. The highest BCUT2D eigenvalue weighted by molar-refractivity contribution is 6.08. The molecule has 0 spiro atoms. The first-order valence-corrected chi connectivity index (χ1v) is 6.38. The summed E-state index contributed by atoms with van der Waals surface area (Å²) in [7, 11) is 5.74. The van der Waals surface area contributed by atoms with Crippen LogP contribution in [0.5, 0.6) is 0 Å². The monoisotopic (exact) mass is 254 g/mol. The van der Waals surface area contributed by atoms with Gasteiger partial charge in [0.25, 0.3) is 0 Å². The molecule has 0 aliphatic carbocycles. The van der Waals surface area contributed by atoms with Crippen molar-refractivity contribution >= 4 is 7.85 Å². The Balaban J connectivity index is 1.86. The first kappa shape index (κ1) is 12.9. The summed E-state index contributed by atoms with van der Waals surface area (Å²) < 4.78 is 29.2. The molecule has 18 heavy (non-hydrogen) atoms. The molecular weight excluding hydrogens is 235 g/mol. The Morgan fingerprint density at radius 1 is 0.833 bits per heavy atom. The topological polar surface area (TPSA) is 46.2 Å². The van der Waals surface area contributed by atoms with Crippen LogP contribution in [0.15, 0.2) is 0 Å². The highest BCUT2D eigenvalue weighted by Gasteiger charge is 2.60. The van der Waals surface area contributed by atoms with Gasteiger partial charge < -0.3 is 23.7 Å². The number of rotatable bonds is 1. The van der Waals surface area contributed by atoms with Gasteiger partial charge in [-0.2, -0.15) is 0 Å². The minimum absolute atomic E-state index is 0.200. The number of ether oxygens (including phenoxy) is 5. The fraction of sp³-hybridized carbons (Fsp3) is 1.00. The Labute approximate surface area is 108 Å². The third kappa shape index (κ3) is 2.00. The molecule has 6 heteroatoms. The number of fused-ring (bicyclic) bond motifs is 3. The van der Waals surface area contributed by atoms with E-state index in [1.807, 2.05) is 27.7 Å². The Morgan fingerprint density at radius 2 is 1.39 bits per heavy atom. The SMILES string of the molecule is [B]CC1O[C@@H]2OC(C)(C)OC2C2OC(C)(C)O[C@@H]12. The van der Waals surface area contributed by atoms with Gasteiger partial charge in [-0.25, -0.2) is 0 Å². The van der Waals surface area contributed by atoms with Gasteiger partial charge >= 0.3 is 0 Å². The Bertz CT molecular complexity index is 345. The van der Waals surface area contributed by atoms with E-state index in [2.05, 4.69) is 0 Å². The van der Waals surface area contributed by atoms with Crippen molar-refractivity contribution in [2.45, 2.75) is 76.3 Å². The zero-order valence-corrected chi connectivity index (χ0v) is 11.2. The molecule has 3 aliphatic heterocycles. The first-order valence-electron chi connectivity index (χ1n) is 6.38. The average Bonchev–Trinajstić information content (AvgIpc) is 2.71. The summed E-state index contributed by atoms with van der Waals surface area (Å²) in [5, 5.41) is 0. The quantitative estimate of drug-likeness (QED) is 0.652. The summed E-state index contributed by atoms with van der Waals surface area (Å²) >= 11 is 0. The molecule has 0 N–H and O–H groups in total. The molecule has 3 saturated heterocycles. The van der Waals surface area contributed by atoms with Crippen molar-refractivity contribution in [2.24, 2.45) is 0 Å². The van der Waals surface area contributed by atoms with Crippen LogP contribution in [0.25, 0.3) is 0 Å². The molecule has 0 bridgehead atoms. The Kier molecular flexibility index (Phi) is 2.81. The second-order valence-corrected chi connectivity index (χ2v) is 5.94.